The number of aromatic nitrogens is 1. The Bertz CT molecular complexity index is 418. The molecule has 0 spiro atoms. The summed E-state index contributed by atoms with van der Waals surface area (Å²) in [6.07, 6.45) is 4.45. The molecule has 0 aromatic carbocycles. The second kappa shape index (κ2) is 2.87. The monoisotopic (exact) mass is 190 g/mol. The van der Waals surface area contributed by atoms with E-state index in [0.717, 1.165) is 36.5 Å². The van der Waals surface area contributed by atoms with Crippen LogP contribution >= 0.6 is 0 Å². The zero-order valence-corrected chi connectivity index (χ0v) is 8.10. The van der Waals surface area contributed by atoms with E-state index in [2.05, 4.69) is 10.3 Å². The Morgan fingerprint density at radius 3 is 3.00 bits per heavy atom. The second-order valence-corrected chi connectivity index (χ2v) is 4.25. The summed E-state index contributed by atoms with van der Waals surface area (Å²) in [4.78, 5) is 15.1. The Morgan fingerprint density at radius 2 is 2.21 bits per heavy atom. The van der Waals surface area contributed by atoms with Crippen molar-refractivity contribution in [2.45, 2.75) is 31.6 Å². The summed E-state index contributed by atoms with van der Waals surface area (Å²) in [5.74, 6) is 1.60. The molecule has 1 aliphatic carbocycles. The molecule has 2 heterocycles. The maximum atomic E-state index is 11.8. The average molecular weight is 190 g/mol. The number of nitrogens with one attached hydrogen (secondary N) is 2. The molecule has 1 aromatic heterocycles. The summed E-state index contributed by atoms with van der Waals surface area (Å²) in [7, 11) is 0. The van der Waals surface area contributed by atoms with Crippen LogP contribution in [0.1, 0.15) is 36.4 Å². The molecule has 2 N–H and O–H groups in total. The third-order valence-electron chi connectivity index (χ3n) is 3.08. The molecule has 3 rings (SSSR count). The van der Waals surface area contributed by atoms with Crippen LogP contribution < -0.4 is 10.7 Å². The highest BCUT2D eigenvalue weighted by Crippen LogP contribution is 2.39. The van der Waals surface area contributed by atoms with Crippen molar-refractivity contribution in [3.8, 4) is 0 Å². The standard InChI is InChI=1S/C11H14N2O/c14-10-6-9(7-3-4-7)13-11-8(10)2-1-5-12-11/h6-7H,1-5H2,(H2,12,13,14). The highest BCUT2D eigenvalue weighted by atomic mass is 16.1. The first-order valence-electron chi connectivity index (χ1n) is 5.34. The molecule has 74 valence electrons. The fourth-order valence-electron chi connectivity index (χ4n) is 2.10. The summed E-state index contributed by atoms with van der Waals surface area (Å²) in [6, 6.07) is 1.80. The number of fused-ring (bicyclic) bond motifs is 1. The molecule has 3 nitrogen and oxygen atoms in total. The van der Waals surface area contributed by atoms with Gasteiger partial charge in [-0.15, -0.1) is 0 Å². The molecule has 14 heavy (non-hydrogen) atoms. The van der Waals surface area contributed by atoms with Crippen molar-refractivity contribution in [1.82, 2.24) is 4.98 Å². The Hall–Kier alpha value is -1.25. The topological polar surface area (TPSA) is 44.9 Å². The minimum Gasteiger partial charge on any atom is -0.371 e. The molecule has 0 amide bonds. The van der Waals surface area contributed by atoms with Crippen molar-refractivity contribution in [2.75, 3.05) is 11.9 Å². The van der Waals surface area contributed by atoms with Crippen LogP contribution in [0, 0.1) is 0 Å². The molecule has 2 aliphatic rings. The van der Waals surface area contributed by atoms with E-state index in [-0.39, 0.29) is 5.43 Å². The molecule has 1 aromatic rings. The minimum absolute atomic E-state index is 0.216. The molecule has 3 heteroatoms. The van der Waals surface area contributed by atoms with Gasteiger partial charge in [0, 0.05) is 23.9 Å². The third-order valence-corrected chi connectivity index (χ3v) is 3.08. The van der Waals surface area contributed by atoms with Crippen LogP contribution in [0.15, 0.2) is 10.9 Å². The zero-order chi connectivity index (χ0) is 9.54. The number of pyridine rings is 1. The van der Waals surface area contributed by atoms with E-state index in [1.54, 1.807) is 6.07 Å². The Labute approximate surface area is 82.5 Å². The van der Waals surface area contributed by atoms with Gasteiger partial charge in [0.05, 0.1) is 0 Å². The summed E-state index contributed by atoms with van der Waals surface area (Å²) < 4.78 is 0. The van der Waals surface area contributed by atoms with Gasteiger partial charge in [-0.25, -0.2) is 0 Å². The summed E-state index contributed by atoms with van der Waals surface area (Å²) >= 11 is 0. The number of hydrogen-bond donors (Lipinski definition) is 2. The fourth-order valence-corrected chi connectivity index (χ4v) is 2.10. The number of aromatic amines is 1. The first-order chi connectivity index (χ1) is 6.84. The van der Waals surface area contributed by atoms with Crippen molar-refractivity contribution in [1.29, 1.82) is 0 Å². The first kappa shape index (κ1) is 8.09. The van der Waals surface area contributed by atoms with Gasteiger partial charge in [0.2, 0.25) is 0 Å². The maximum Gasteiger partial charge on any atom is 0.187 e. The van der Waals surface area contributed by atoms with E-state index in [4.69, 9.17) is 0 Å². The lowest BCUT2D eigenvalue weighted by Gasteiger charge is -2.17. The first-order valence-corrected chi connectivity index (χ1v) is 5.34. The minimum atomic E-state index is 0.216. The Balaban J connectivity index is 2.11. The van der Waals surface area contributed by atoms with Crippen LogP contribution in [0.25, 0.3) is 0 Å². The quantitative estimate of drug-likeness (QED) is 0.706. The Kier molecular flexibility index (Phi) is 1.66. The van der Waals surface area contributed by atoms with Crippen LogP contribution in [-0.4, -0.2) is 11.5 Å². The van der Waals surface area contributed by atoms with Crippen LogP contribution in [0.2, 0.25) is 0 Å². The molecule has 0 saturated heterocycles. The zero-order valence-electron chi connectivity index (χ0n) is 8.10. The van der Waals surface area contributed by atoms with Gasteiger partial charge in [0.15, 0.2) is 5.43 Å². The van der Waals surface area contributed by atoms with Crippen LogP contribution in [0.5, 0.6) is 0 Å². The van der Waals surface area contributed by atoms with Crippen molar-refractivity contribution in [2.24, 2.45) is 0 Å². The van der Waals surface area contributed by atoms with E-state index in [1.807, 2.05) is 0 Å². The van der Waals surface area contributed by atoms with Gasteiger partial charge in [-0.3, -0.25) is 4.79 Å². The van der Waals surface area contributed by atoms with E-state index in [0.29, 0.717) is 5.92 Å². The molecular weight excluding hydrogens is 176 g/mol. The van der Waals surface area contributed by atoms with Gasteiger partial charge < -0.3 is 10.3 Å². The highest BCUT2D eigenvalue weighted by molar-refractivity contribution is 5.47. The molecule has 1 saturated carbocycles. The molecule has 0 atom stereocenters. The van der Waals surface area contributed by atoms with Crippen molar-refractivity contribution in [3.05, 3.63) is 27.5 Å². The SMILES string of the molecule is O=c1cc(C2CC2)[nH]c2c1CCCN2. The number of hydrogen-bond acceptors (Lipinski definition) is 2. The highest BCUT2D eigenvalue weighted by Gasteiger charge is 2.26. The summed E-state index contributed by atoms with van der Waals surface area (Å²) in [6.45, 7) is 0.983. The van der Waals surface area contributed by atoms with Gasteiger partial charge in [0.1, 0.15) is 5.82 Å². The van der Waals surface area contributed by atoms with Gasteiger partial charge in [0.25, 0.3) is 0 Å². The van der Waals surface area contributed by atoms with Crippen molar-refractivity contribution >= 4 is 5.82 Å². The molecule has 0 unspecified atom stereocenters. The molecule has 0 bridgehead atoms. The van der Waals surface area contributed by atoms with Gasteiger partial charge in [-0.1, -0.05) is 0 Å². The Morgan fingerprint density at radius 1 is 1.36 bits per heavy atom. The predicted molar refractivity (Wildman–Crippen MR) is 55.8 cm³/mol. The average Bonchev–Trinajstić information content (AvgIpc) is 3.01. The van der Waals surface area contributed by atoms with Crippen molar-refractivity contribution < 1.29 is 0 Å². The number of rotatable bonds is 1. The largest absolute Gasteiger partial charge is 0.371 e. The number of anilines is 1. The number of H-pyrrole nitrogens is 1. The molecule has 1 fully saturated rings. The van der Waals surface area contributed by atoms with Gasteiger partial charge >= 0.3 is 0 Å². The lowest BCUT2D eigenvalue weighted by atomic mass is 10.1. The smallest absolute Gasteiger partial charge is 0.187 e. The lowest BCUT2D eigenvalue weighted by molar-refractivity contribution is 0.803. The van der Waals surface area contributed by atoms with Gasteiger partial charge in [-0.05, 0) is 31.6 Å². The fraction of sp³-hybridized carbons (Fsp3) is 0.545. The van der Waals surface area contributed by atoms with Crippen LogP contribution in [0.4, 0.5) is 5.82 Å². The second-order valence-electron chi connectivity index (χ2n) is 4.25. The summed E-state index contributed by atoms with van der Waals surface area (Å²) in [5.41, 5.74) is 2.29. The summed E-state index contributed by atoms with van der Waals surface area (Å²) in [5, 5.41) is 3.27. The molecule has 0 radical (unpaired) electrons. The predicted octanol–water partition coefficient (Wildman–Crippen LogP) is 1.61. The molecular formula is C11H14N2O. The van der Waals surface area contributed by atoms with Crippen molar-refractivity contribution in [3.63, 3.8) is 0 Å². The normalized spacial score (nSPS) is 20.0. The third kappa shape index (κ3) is 1.24. The van der Waals surface area contributed by atoms with Gasteiger partial charge in [-0.2, -0.15) is 0 Å². The van der Waals surface area contributed by atoms with E-state index < -0.39 is 0 Å². The lowest BCUT2D eigenvalue weighted by Crippen LogP contribution is -2.21. The van der Waals surface area contributed by atoms with Crippen LogP contribution in [-0.2, 0) is 6.42 Å². The van der Waals surface area contributed by atoms with E-state index in [9.17, 15) is 4.79 Å². The van der Waals surface area contributed by atoms with Crippen LogP contribution in [0.3, 0.4) is 0 Å². The van der Waals surface area contributed by atoms with E-state index in [1.165, 1.54) is 12.8 Å². The molecule has 1 aliphatic heterocycles. The van der Waals surface area contributed by atoms with E-state index >= 15 is 0 Å². The maximum absolute atomic E-state index is 11.8.